The van der Waals surface area contributed by atoms with Crippen molar-refractivity contribution in [3.63, 3.8) is 0 Å². The molecule has 0 radical (unpaired) electrons. The van der Waals surface area contributed by atoms with Crippen LogP contribution in [0.1, 0.15) is 23.3 Å². The fourth-order valence-corrected chi connectivity index (χ4v) is 2.77. The highest BCUT2D eigenvalue weighted by Gasteiger charge is 2.41. The van der Waals surface area contributed by atoms with Gasteiger partial charge in [0.15, 0.2) is 0 Å². The molecule has 1 N–H and O–H groups in total. The van der Waals surface area contributed by atoms with Gasteiger partial charge in [-0.3, -0.25) is 9.59 Å². The summed E-state index contributed by atoms with van der Waals surface area (Å²) in [5.41, 5.74) is -2.34. The number of halogens is 3. The van der Waals surface area contributed by atoms with Crippen LogP contribution in [0, 0.1) is 5.82 Å². The van der Waals surface area contributed by atoms with Gasteiger partial charge >= 0.3 is 0 Å². The zero-order chi connectivity index (χ0) is 18.9. The van der Waals surface area contributed by atoms with E-state index in [-0.39, 0.29) is 37.3 Å². The SMILES string of the molecule is O=C(c1ccc(=O)n(-c2ccc(F)cc2)n1)N1CCC(O)(C(F)F)CC1. The van der Waals surface area contributed by atoms with Gasteiger partial charge in [0.25, 0.3) is 17.9 Å². The molecule has 0 atom stereocenters. The molecule has 0 bridgehead atoms. The van der Waals surface area contributed by atoms with Gasteiger partial charge in [-0.1, -0.05) is 0 Å². The van der Waals surface area contributed by atoms with Crippen molar-refractivity contribution in [3.05, 3.63) is 58.3 Å². The van der Waals surface area contributed by atoms with Gasteiger partial charge < -0.3 is 10.0 Å². The summed E-state index contributed by atoms with van der Waals surface area (Å²) in [6.45, 7) is -0.0892. The molecule has 2 heterocycles. The Balaban J connectivity index is 1.82. The van der Waals surface area contributed by atoms with E-state index < -0.39 is 29.3 Å². The van der Waals surface area contributed by atoms with Gasteiger partial charge in [-0.2, -0.15) is 9.78 Å². The van der Waals surface area contributed by atoms with Gasteiger partial charge in [-0.25, -0.2) is 13.2 Å². The Bertz CT molecular complexity index is 860. The van der Waals surface area contributed by atoms with Crippen LogP contribution in [-0.4, -0.2) is 50.8 Å². The number of aliphatic hydroxyl groups is 1. The van der Waals surface area contributed by atoms with E-state index in [1.165, 1.54) is 23.1 Å². The summed E-state index contributed by atoms with van der Waals surface area (Å²) in [7, 11) is 0. The number of hydrogen-bond acceptors (Lipinski definition) is 4. The second kappa shape index (κ2) is 6.91. The van der Waals surface area contributed by atoms with E-state index in [0.29, 0.717) is 0 Å². The van der Waals surface area contributed by atoms with Crippen LogP contribution >= 0.6 is 0 Å². The number of alkyl halides is 2. The van der Waals surface area contributed by atoms with E-state index >= 15 is 0 Å². The molecule has 0 spiro atoms. The van der Waals surface area contributed by atoms with Crippen LogP contribution in [-0.2, 0) is 0 Å². The Hall–Kier alpha value is -2.68. The van der Waals surface area contributed by atoms with Crippen LogP contribution in [0.4, 0.5) is 13.2 Å². The van der Waals surface area contributed by atoms with Crippen LogP contribution in [0.15, 0.2) is 41.2 Å². The van der Waals surface area contributed by atoms with Crippen molar-refractivity contribution in [2.45, 2.75) is 24.9 Å². The number of amides is 1. The average Bonchev–Trinajstić information content (AvgIpc) is 2.63. The number of aromatic nitrogens is 2. The summed E-state index contributed by atoms with van der Waals surface area (Å²) < 4.78 is 39.7. The summed E-state index contributed by atoms with van der Waals surface area (Å²) in [5, 5.41) is 13.8. The minimum atomic E-state index is -2.88. The van der Waals surface area contributed by atoms with Crippen LogP contribution in [0.3, 0.4) is 0 Å². The van der Waals surface area contributed by atoms with E-state index in [1.807, 2.05) is 0 Å². The predicted octanol–water partition coefficient (Wildman–Crippen LogP) is 1.60. The second-order valence-electron chi connectivity index (χ2n) is 6.14. The van der Waals surface area contributed by atoms with Crippen LogP contribution in [0.2, 0.25) is 0 Å². The second-order valence-corrected chi connectivity index (χ2v) is 6.14. The fraction of sp³-hybridized carbons (Fsp3) is 0.353. The van der Waals surface area contributed by atoms with E-state index in [0.717, 1.165) is 22.9 Å². The molecule has 2 aromatic rings. The Labute approximate surface area is 146 Å². The molecular weight excluding hydrogens is 351 g/mol. The molecule has 26 heavy (non-hydrogen) atoms. The molecule has 1 saturated heterocycles. The summed E-state index contributed by atoms with van der Waals surface area (Å²) in [5.74, 6) is -1.01. The van der Waals surface area contributed by atoms with Crippen molar-refractivity contribution < 1.29 is 23.1 Å². The third-order valence-electron chi connectivity index (χ3n) is 4.41. The number of carbonyl (C=O) groups excluding carboxylic acids is 1. The molecule has 9 heteroatoms. The van der Waals surface area contributed by atoms with Gasteiger partial charge in [0.2, 0.25) is 0 Å². The molecule has 1 amide bonds. The van der Waals surface area contributed by atoms with Gasteiger partial charge in [0.1, 0.15) is 17.1 Å². The van der Waals surface area contributed by atoms with Crippen molar-refractivity contribution in [3.8, 4) is 5.69 Å². The zero-order valence-electron chi connectivity index (χ0n) is 13.6. The zero-order valence-corrected chi connectivity index (χ0v) is 13.6. The summed E-state index contributed by atoms with van der Waals surface area (Å²) in [6, 6.07) is 7.42. The van der Waals surface area contributed by atoms with E-state index in [9.17, 15) is 27.9 Å². The van der Waals surface area contributed by atoms with E-state index in [4.69, 9.17) is 0 Å². The Morgan fingerprint density at radius 2 is 1.73 bits per heavy atom. The molecule has 1 aliphatic heterocycles. The smallest absolute Gasteiger partial charge is 0.274 e. The molecule has 3 rings (SSSR count). The highest BCUT2D eigenvalue weighted by atomic mass is 19.3. The molecule has 1 aromatic heterocycles. The molecule has 1 aliphatic rings. The van der Waals surface area contributed by atoms with Gasteiger partial charge in [-0.05, 0) is 43.2 Å². The number of likely N-dealkylation sites (tertiary alicyclic amines) is 1. The van der Waals surface area contributed by atoms with E-state index in [1.54, 1.807) is 0 Å². The summed E-state index contributed by atoms with van der Waals surface area (Å²) in [6.07, 6.45) is -3.36. The van der Waals surface area contributed by atoms with Crippen molar-refractivity contribution in [2.75, 3.05) is 13.1 Å². The quantitative estimate of drug-likeness (QED) is 0.894. The molecule has 0 unspecified atom stereocenters. The van der Waals surface area contributed by atoms with Crippen molar-refractivity contribution in [2.24, 2.45) is 0 Å². The molecule has 1 fully saturated rings. The van der Waals surface area contributed by atoms with Gasteiger partial charge in [0.05, 0.1) is 5.69 Å². The standard InChI is InChI=1S/C17H16F3N3O3/c18-11-1-3-12(4-2-11)23-14(24)6-5-13(21-23)15(25)22-9-7-17(26,8-10-22)16(19)20/h1-6,16,26H,7-10H2. The van der Waals surface area contributed by atoms with Gasteiger partial charge in [0, 0.05) is 19.2 Å². The molecule has 138 valence electrons. The lowest BCUT2D eigenvalue weighted by molar-refractivity contribution is -0.122. The van der Waals surface area contributed by atoms with Crippen molar-refractivity contribution >= 4 is 5.91 Å². The molecule has 6 nitrogen and oxygen atoms in total. The lowest BCUT2D eigenvalue weighted by atomic mass is 9.92. The van der Waals surface area contributed by atoms with Crippen LogP contribution in [0.5, 0.6) is 0 Å². The maximum atomic E-state index is 13.0. The number of hydrogen-bond donors (Lipinski definition) is 1. The Morgan fingerprint density at radius 3 is 2.31 bits per heavy atom. The lowest BCUT2D eigenvalue weighted by Crippen LogP contribution is -2.50. The molecule has 0 aliphatic carbocycles. The summed E-state index contributed by atoms with van der Waals surface area (Å²) >= 11 is 0. The average molecular weight is 367 g/mol. The highest BCUT2D eigenvalue weighted by Crippen LogP contribution is 2.29. The number of rotatable bonds is 3. The maximum Gasteiger partial charge on any atom is 0.274 e. The van der Waals surface area contributed by atoms with Gasteiger partial charge in [-0.15, -0.1) is 0 Å². The number of benzene rings is 1. The van der Waals surface area contributed by atoms with Crippen molar-refractivity contribution in [1.82, 2.24) is 14.7 Å². The number of nitrogens with zero attached hydrogens (tertiary/aromatic N) is 3. The maximum absolute atomic E-state index is 13.0. The number of piperidine rings is 1. The first kappa shape index (κ1) is 18.1. The van der Waals surface area contributed by atoms with Crippen LogP contribution in [0.25, 0.3) is 5.69 Å². The monoisotopic (exact) mass is 367 g/mol. The van der Waals surface area contributed by atoms with E-state index in [2.05, 4.69) is 5.10 Å². The third kappa shape index (κ3) is 3.48. The first-order valence-corrected chi connectivity index (χ1v) is 7.96. The normalized spacial score (nSPS) is 16.7. The molecule has 1 aromatic carbocycles. The molecular formula is C17H16F3N3O3. The minimum absolute atomic E-state index is 0.0446. The van der Waals surface area contributed by atoms with Crippen molar-refractivity contribution in [1.29, 1.82) is 0 Å². The van der Waals surface area contributed by atoms with Crippen LogP contribution < -0.4 is 5.56 Å². The topological polar surface area (TPSA) is 75.4 Å². The lowest BCUT2D eigenvalue weighted by Gasteiger charge is -2.37. The molecule has 0 saturated carbocycles. The highest BCUT2D eigenvalue weighted by molar-refractivity contribution is 5.92. The first-order chi connectivity index (χ1) is 12.3. The third-order valence-corrected chi connectivity index (χ3v) is 4.41. The predicted molar refractivity (Wildman–Crippen MR) is 85.9 cm³/mol. The minimum Gasteiger partial charge on any atom is -0.384 e. The first-order valence-electron chi connectivity index (χ1n) is 7.96. The Kier molecular flexibility index (Phi) is 4.82. The Morgan fingerprint density at radius 1 is 1.12 bits per heavy atom. The summed E-state index contributed by atoms with van der Waals surface area (Å²) in [4.78, 5) is 25.8. The number of carbonyl (C=O) groups is 1. The fourth-order valence-electron chi connectivity index (χ4n) is 2.77. The largest absolute Gasteiger partial charge is 0.384 e.